The molecule has 0 amide bonds. The van der Waals surface area contributed by atoms with Crippen molar-refractivity contribution in [2.24, 2.45) is 5.92 Å². The molecule has 1 aromatic rings. The molecule has 0 saturated carbocycles. The molecular formula is C13H17F2NO. The normalized spacial score (nSPS) is 24.9. The SMILES string of the molecule is CC1CCNCC1OCc1c(F)cccc1F. The van der Waals surface area contributed by atoms with Gasteiger partial charge in [0.15, 0.2) is 0 Å². The molecule has 94 valence electrons. The second-order valence-electron chi connectivity index (χ2n) is 4.52. The van der Waals surface area contributed by atoms with Gasteiger partial charge in [-0.25, -0.2) is 8.78 Å². The van der Waals surface area contributed by atoms with Crippen LogP contribution in [0.5, 0.6) is 0 Å². The number of halogens is 2. The van der Waals surface area contributed by atoms with Crippen LogP contribution in [0.2, 0.25) is 0 Å². The van der Waals surface area contributed by atoms with Crippen LogP contribution in [-0.2, 0) is 11.3 Å². The van der Waals surface area contributed by atoms with Crippen molar-refractivity contribution in [2.75, 3.05) is 13.1 Å². The number of ether oxygens (including phenoxy) is 1. The maximum Gasteiger partial charge on any atom is 0.131 e. The summed E-state index contributed by atoms with van der Waals surface area (Å²) in [4.78, 5) is 0. The average molecular weight is 241 g/mol. The first-order valence-electron chi connectivity index (χ1n) is 5.93. The van der Waals surface area contributed by atoms with Crippen LogP contribution in [0.1, 0.15) is 18.9 Å². The maximum atomic E-state index is 13.4. The van der Waals surface area contributed by atoms with Crippen LogP contribution in [0.4, 0.5) is 8.78 Å². The Morgan fingerprint density at radius 3 is 2.71 bits per heavy atom. The van der Waals surface area contributed by atoms with Crippen LogP contribution in [0, 0.1) is 17.6 Å². The minimum atomic E-state index is -0.540. The quantitative estimate of drug-likeness (QED) is 0.877. The molecular weight excluding hydrogens is 224 g/mol. The first kappa shape index (κ1) is 12.5. The lowest BCUT2D eigenvalue weighted by atomic mass is 9.97. The molecule has 0 spiro atoms. The summed E-state index contributed by atoms with van der Waals surface area (Å²) in [6.07, 6.45) is 1.06. The monoisotopic (exact) mass is 241 g/mol. The summed E-state index contributed by atoms with van der Waals surface area (Å²) >= 11 is 0. The lowest BCUT2D eigenvalue weighted by Crippen LogP contribution is -2.41. The Kier molecular flexibility index (Phi) is 4.07. The number of benzene rings is 1. The minimum Gasteiger partial charge on any atom is -0.372 e. The van der Waals surface area contributed by atoms with Crippen molar-refractivity contribution >= 4 is 0 Å². The molecule has 2 nitrogen and oxygen atoms in total. The van der Waals surface area contributed by atoms with Gasteiger partial charge in [-0.1, -0.05) is 13.0 Å². The van der Waals surface area contributed by atoms with E-state index < -0.39 is 11.6 Å². The predicted molar refractivity (Wildman–Crippen MR) is 61.6 cm³/mol. The van der Waals surface area contributed by atoms with Gasteiger partial charge in [-0.3, -0.25) is 0 Å². The molecule has 1 aliphatic rings. The zero-order chi connectivity index (χ0) is 12.3. The highest BCUT2D eigenvalue weighted by Gasteiger charge is 2.22. The van der Waals surface area contributed by atoms with Gasteiger partial charge in [0.05, 0.1) is 12.7 Å². The van der Waals surface area contributed by atoms with Gasteiger partial charge in [-0.2, -0.15) is 0 Å². The lowest BCUT2D eigenvalue weighted by Gasteiger charge is -2.29. The average Bonchev–Trinajstić information content (AvgIpc) is 2.30. The van der Waals surface area contributed by atoms with E-state index in [1.165, 1.54) is 18.2 Å². The van der Waals surface area contributed by atoms with Crippen LogP contribution >= 0.6 is 0 Å². The summed E-state index contributed by atoms with van der Waals surface area (Å²) in [5, 5.41) is 3.22. The number of hydrogen-bond acceptors (Lipinski definition) is 2. The van der Waals surface area contributed by atoms with Crippen LogP contribution < -0.4 is 5.32 Å². The molecule has 0 aliphatic carbocycles. The number of piperidine rings is 1. The predicted octanol–water partition coefficient (Wildman–Crippen LogP) is 2.48. The van der Waals surface area contributed by atoms with Crippen molar-refractivity contribution in [2.45, 2.75) is 26.1 Å². The van der Waals surface area contributed by atoms with Gasteiger partial charge in [0.1, 0.15) is 11.6 Å². The number of hydrogen-bond donors (Lipinski definition) is 1. The zero-order valence-corrected chi connectivity index (χ0v) is 9.88. The fourth-order valence-corrected chi connectivity index (χ4v) is 2.04. The van der Waals surface area contributed by atoms with Gasteiger partial charge >= 0.3 is 0 Å². The third kappa shape index (κ3) is 3.01. The van der Waals surface area contributed by atoms with Crippen molar-refractivity contribution in [1.29, 1.82) is 0 Å². The molecule has 1 aliphatic heterocycles. The highest BCUT2D eigenvalue weighted by molar-refractivity contribution is 5.18. The third-order valence-electron chi connectivity index (χ3n) is 3.26. The molecule has 4 heteroatoms. The highest BCUT2D eigenvalue weighted by atomic mass is 19.1. The molecule has 1 aromatic carbocycles. The van der Waals surface area contributed by atoms with E-state index in [1.807, 2.05) is 0 Å². The molecule has 0 aromatic heterocycles. The summed E-state index contributed by atoms with van der Waals surface area (Å²) in [6.45, 7) is 3.82. The lowest BCUT2D eigenvalue weighted by molar-refractivity contribution is -0.00880. The van der Waals surface area contributed by atoms with Crippen LogP contribution in [0.15, 0.2) is 18.2 Å². The topological polar surface area (TPSA) is 21.3 Å². The molecule has 1 N–H and O–H groups in total. The molecule has 2 unspecified atom stereocenters. The molecule has 17 heavy (non-hydrogen) atoms. The van der Waals surface area contributed by atoms with E-state index >= 15 is 0 Å². The second kappa shape index (κ2) is 5.56. The van der Waals surface area contributed by atoms with Gasteiger partial charge < -0.3 is 10.1 Å². The van der Waals surface area contributed by atoms with Crippen molar-refractivity contribution in [3.8, 4) is 0 Å². The van der Waals surface area contributed by atoms with E-state index in [2.05, 4.69) is 12.2 Å². The van der Waals surface area contributed by atoms with E-state index in [0.717, 1.165) is 19.5 Å². The van der Waals surface area contributed by atoms with Crippen molar-refractivity contribution < 1.29 is 13.5 Å². The fraction of sp³-hybridized carbons (Fsp3) is 0.538. The summed E-state index contributed by atoms with van der Waals surface area (Å²) in [5.74, 6) is -0.658. The Balaban J connectivity index is 1.97. The fourth-order valence-electron chi connectivity index (χ4n) is 2.04. The second-order valence-corrected chi connectivity index (χ2v) is 4.52. The van der Waals surface area contributed by atoms with Gasteiger partial charge in [0, 0.05) is 12.1 Å². The molecule has 1 fully saturated rings. The Labute approximate surface area is 100.0 Å². The van der Waals surface area contributed by atoms with Gasteiger partial charge in [-0.15, -0.1) is 0 Å². The van der Waals surface area contributed by atoms with Gasteiger partial charge in [0.25, 0.3) is 0 Å². The largest absolute Gasteiger partial charge is 0.372 e. The van der Waals surface area contributed by atoms with E-state index in [1.54, 1.807) is 0 Å². The highest BCUT2D eigenvalue weighted by Crippen LogP contribution is 2.19. The minimum absolute atomic E-state index is 0.00477. The van der Waals surface area contributed by atoms with E-state index in [0.29, 0.717) is 5.92 Å². The van der Waals surface area contributed by atoms with Gasteiger partial charge in [-0.05, 0) is 31.0 Å². The molecule has 0 bridgehead atoms. The standard InChI is InChI=1S/C13H17F2NO/c1-9-5-6-16-7-13(9)17-8-10-11(14)3-2-4-12(10)15/h2-4,9,13,16H,5-8H2,1H3. The maximum absolute atomic E-state index is 13.4. The summed E-state index contributed by atoms with van der Waals surface area (Å²) in [7, 11) is 0. The molecule has 1 heterocycles. The number of rotatable bonds is 3. The Morgan fingerprint density at radius 1 is 1.35 bits per heavy atom. The van der Waals surface area contributed by atoms with Crippen LogP contribution in [-0.4, -0.2) is 19.2 Å². The molecule has 0 radical (unpaired) electrons. The van der Waals surface area contributed by atoms with E-state index in [4.69, 9.17) is 4.74 Å². The molecule has 1 saturated heterocycles. The van der Waals surface area contributed by atoms with E-state index in [9.17, 15) is 8.78 Å². The molecule has 2 rings (SSSR count). The van der Waals surface area contributed by atoms with Crippen LogP contribution in [0.25, 0.3) is 0 Å². The first-order valence-corrected chi connectivity index (χ1v) is 5.93. The van der Waals surface area contributed by atoms with Crippen molar-refractivity contribution in [3.05, 3.63) is 35.4 Å². The summed E-state index contributed by atoms with van der Waals surface area (Å²) < 4.78 is 32.3. The first-order chi connectivity index (χ1) is 8.18. The Morgan fingerprint density at radius 2 is 2.06 bits per heavy atom. The smallest absolute Gasteiger partial charge is 0.131 e. The Hall–Kier alpha value is -1.00. The summed E-state index contributed by atoms with van der Waals surface area (Å²) in [5.41, 5.74) is 0.0188. The van der Waals surface area contributed by atoms with Crippen molar-refractivity contribution in [3.63, 3.8) is 0 Å². The summed E-state index contributed by atoms with van der Waals surface area (Å²) in [6, 6.07) is 3.87. The molecule has 2 atom stereocenters. The van der Waals surface area contributed by atoms with Crippen molar-refractivity contribution in [1.82, 2.24) is 5.32 Å². The zero-order valence-electron chi connectivity index (χ0n) is 9.88. The van der Waals surface area contributed by atoms with Crippen LogP contribution in [0.3, 0.4) is 0 Å². The third-order valence-corrected chi connectivity index (χ3v) is 3.26. The van der Waals surface area contributed by atoms with E-state index in [-0.39, 0.29) is 18.3 Å². The number of nitrogens with one attached hydrogen (secondary N) is 1. The van der Waals surface area contributed by atoms with Gasteiger partial charge in [0.2, 0.25) is 0 Å². The Bertz CT molecular complexity index is 363.